The van der Waals surface area contributed by atoms with Gasteiger partial charge in [0.2, 0.25) is 5.95 Å². The van der Waals surface area contributed by atoms with Gasteiger partial charge in [0, 0.05) is 17.5 Å². The Morgan fingerprint density at radius 3 is 2.65 bits per heavy atom. The number of hydrogen-bond donors (Lipinski definition) is 3. The fraction of sp³-hybridized carbons (Fsp3) is 0.167. The number of carboxylic acids is 1. The number of anilines is 2. The number of hydrogen-bond acceptors (Lipinski definition) is 4. The molecule has 0 aliphatic heterocycles. The van der Waals surface area contributed by atoms with Gasteiger partial charge in [-0.2, -0.15) is 0 Å². The molecule has 2 aromatic heterocycles. The molecule has 0 aliphatic carbocycles. The zero-order valence-electron chi connectivity index (χ0n) is 14.3. The van der Waals surface area contributed by atoms with Crippen LogP contribution in [0.15, 0.2) is 24.4 Å². The summed E-state index contributed by atoms with van der Waals surface area (Å²) in [4.78, 5) is 23.0. The minimum absolute atomic E-state index is 0.131. The van der Waals surface area contributed by atoms with E-state index in [0.29, 0.717) is 22.6 Å². The van der Waals surface area contributed by atoms with Crippen LogP contribution in [0, 0.1) is 26.6 Å². The summed E-state index contributed by atoms with van der Waals surface area (Å²) in [7, 11) is 0. The zero-order valence-corrected chi connectivity index (χ0v) is 15.1. The normalized spacial score (nSPS) is 10.8. The van der Waals surface area contributed by atoms with E-state index in [1.165, 1.54) is 18.2 Å². The molecule has 0 spiro atoms. The molecule has 1 aromatic carbocycles. The highest BCUT2D eigenvalue weighted by Gasteiger charge is 2.20. The zero-order chi connectivity index (χ0) is 19.0. The highest BCUT2D eigenvalue weighted by atomic mass is 35.5. The lowest BCUT2D eigenvalue weighted by Gasteiger charge is -2.11. The second kappa shape index (κ2) is 6.76. The van der Waals surface area contributed by atoms with Gasteiger partial charge in [-0.1, -0.05) is 11.6 Å². The first-order chi connectivity index (χ1) is 12.3. The number of benzene rings is 1. The van der Waals surface area contributed by atoms with Crippen molar-refractivity contribution in [2.24, 2.45) is 0 Å². The Bertz CT molecular complexity index is 1020. The second-order valence-electron chi connectivity index (χ2n) is 5.90. The van der Waals surface area contributed by atoms with E-state index in [1.807, 2.05) is 6.92 Å². The fourth-order valence-electron chi connectivity index (χ4n) is 2.79. The van der Waals surface area contributed by atoms with Crippen molar-refractivity contribution >= 4 is 29.2 Å². The van der Waals surface area contributed by atoms with Crippen molar-refractivity contribution in [3.63, 3.8) is 0 Å². The summed E-state index contributed by atoms with van der Waals surface area (Å²) in [5.74, 6) is -1.19. The van der Waals surface area contributed by atoms with E-state index in [1.54, 1.807) is 20.0 Å². The maximum Gasteiger partial charge on any atom is 0.352 e. The van der Waals surface area contributed by atoms with E-state index < -0.39 is 11.8 Å². The topological polar surface area (TPSA) is 90.9 Å². The average Bonchev–Trinajstić information content (AvgIpc) is 2.87. The van der Waals surface area contributed by atoms with Gasteiger partial charge in [-0.25, -0.2) is 19.2 Å². The van der Waals surface area contributed by atoms with E-state index in [2.05, 4.69) is 20.3 Å². The minimum atomic E-state index is -1.03. The van der Waals surface area contributed by atoms with Gasteiger partial charge in [-0.15, -0.1) is 0 Å². The molecule has 6 nitrogen and oxygen atoms in total. The van der Waals surface area contributed by atoms with Gasteiger partial charge in [-0.05, 0) is 50.1 Å². The summed E-state index contributed by atoms with van der Waals surface area (Å²) in [5.41, 5.74) is 4.02. The number of nitrogens with one attached hydrogen (secondary N) is 2. The highest BCUT2D eigenvalue weighted by Crippen LogP contribution is 2.32. The molecule has 134 valence electrons. The van der Waals surface area contributed by atoms with Crippen LogP contribution < -0.4 is 5.32 Å². The molecule has 0 radical (unpaired) electrons. The minimum Gasteiger partial charge on any atom is -0.477 e. The molecule has 0 aliphatic rings. The van der Waals surface area contributed by atoms with Crippen LogP contribution in [0.1, 0.15) is 27.3 Å². The van der Waals surface area contributed by atoms with Crippen molar-refractivity contribution in [1.29, 1.82) is 0 Å². The van der Waals surface area contributed by atoms with Crippen LogP contribution >= 0.6 is 11.6 Å². The van der Waals surface area contributed by atoms with Crippen LogP contribution in [0.4, 0.5) is 16.0 Å². The number of carboxylic acid groups (broad SMARTS) is 1. The lowest BCUT2D eigenvalue weighted by atomic mass is 10.0. The second-order valence-corrected chi connectivity index (χ2v) is 6.31. The van der Waals surface area contributed by atoms with Gasteiger partial charge in [0.1, 0.15) is 11.5 Å². The summed E-state index contributed by atoms with van der Waals surface area (Å²) in [5, 5.41) is 12.5. The molecule has 3 aromatic rings. The SMILES string of the molecule is Cc1cnc(Nc2ccc(F)cc2Cl)nc1-c1c(C)[nH]c(C(=O)O)c1C. The summed E-state index contributed by atoms with van der Waals surface area (Å²) < 4.78 is 13.2. The van der Waals surface area contributed by atoms with Gasteiger partial charge in [0.25, 0.3) is 0 Å². The molecule has 2 heterocycles. The average molecular weight is 375 g/mol. The maximum absolute atomic E-state index is 13.2. The summed E-state index contributed by atoms with van der Waals surface area (Å²) >= 11 is 6.03. The largest absolute Gasteiger partial charge is 0.477 e. The Balaban J connectivity index is 2.05. The van der Waals surface area contributed by atoms with Gasteiger partial charge in [-0.3, -0.25) is 0 Å². The molecule has 0 saturated carbocycles. The lowest BCUT2D eigenvalue weighted by Crippen LogP contribution is -2.02. The quantitative estimate of drug-likeness (QED) is 0.619. The van der Waals surface area contributed by atoms with Crippen molar-refractivity contribution in [3.05, 3.63) is 57.8 Å². The third-order valence-corrected chi connectivity index (χ3v) is 4.35. The predicted molar refractivity (Wildman–Crippen MR) is 97.7 cm³/mol. The van der Waals surface area contributed by atoms with Crippen molar-refractivity contribution in [1.82, 2.24) is 15.0 Å². The molecule has 3 rings (SSSR count). The molecule has 0 unspecified atom stereocenters. The molecule has 8 heteroatoms. The number of nitrogens with zero attached hydrogens (tertiary/aromatic N) is 2. The number of H-pyrrole nitrogens is 1. The van der Waals surface area contributed by atoms with Crippen molar-refractivity contribution in [2.45, 2.75) is 20.8 Å². The first-order valence-corrected chi connectivity index (χ1v) is 8.14. The van der Waals surface area contributed by atoms with Gasteiger partial charge in [0.15, 0.2) is 0 Å². The third kappa shape index (κ3) is 3.25. The Morgan fingerprint density at radius 1 is 1.31 bits per heavy atom. The Kier molecular flexibility index (Phi) is 4.65. The molecule has 26 heavy (non-hydrogen) atoms. The summed E-state index contributed by atoms with van der Waals surface area (Å²) in [6.07, 6.45) is 1.63. The number of aryl methyl sites for hydroxylation is 2. The van der Waals surface area contributed by atoms with E-state index in [9.17, 15) is 14.3 Å². The summed E-state index contributed by atoms with van der Waals surface area (Å²) in [6, 6.07) is 3.97. The Labute approximate surface area is 154 Å². The fourth-order valence-corrected chi connectivity index (χ4v) is 3.00. The first kappa shape index (κ1) is 17.9. The number of rotatable bonds is 4. The van der Waals surface area contributed by atoms with Crippen molar-refractivity contribution in [2.75, 3.05) is 5.32 Å². The van der Waals surface area contributed by atoms with E-state index in [4.69, 9.17) is 11.6 Å². The molecular weight excluding hydrogens is 359 g/mol. The molecule has 0 bridgehead atoms. The van der Waals surface area contributed by atoms with E-state index in [-0.39, 0.29) is 16.7 Å². The number of aromatic amines is 1. The van der Waals surface area contributed by atoms with Crippen molar-refractivity contribution in [3.8, 4) is 11.3 Å². The van der Waals surface area contributed by atoms with E-state index >= 15 is 0 Å². The monoisotopic (exact) mass is 374 g/mol. The van der Waals surface area contributed by atoms with Crippen LogP contribution in [0.5, 0.6) is 0 Å². The van der Waals surface area contributed by atoms with Gasteiger partial charge >= 0.3 is 5.97 Å². The molecule has 3 N–H and O–H groups in total. The molecule has 0 amide bonds. The van der Waals surface area contributed by atoms with Crippen LogP contribution in [-0.4, -0.2) is 26.0 Å². The standard InChI is InChI=1S/C18H16ClFN4O2/c1-8-7-21-18(23-13-5-4-11(20)6-12(13)19)24-15(8)14-9(2)16(17(25)26)22-10(14)3/h4-7,22H,1-3H3,(H,25,26)(H,21,23,24). The molecule has 0 saturated heterocycles. The number of aromatic carboxylic acids is 1. The smallest absolute Gasteiger partial charge is 0.352 e. The third-order valence-electron chi connectivity index (χ3n) is 4.04. The van der Waals surface area contributed by atoms with Gasteiger partial charge < -0.3 is 15.4 Å². The molecule has 0 atom stereocenters. The van der Waals surface area contributed by atoms with Crippen molar-refractivity contribution < 1.29 is 14.3 Å². The number of halogens is 2. The molecule has 0 fully saturated rings. The maximum atomic E-state index is 13.2. The molecular formula is C18H16ClFN4O2. The van der Waals surface area contributed by atoms with Crippen LogP contribution in [-0.2, 0) is 0 Å². The summed E-state index contributed by atoms with van der Waals surface area (Å²) in [6.45, 7) is 5.37. The van der Waals surface area contributed by atoms with Crippen LogP contribution in [0.3, 0.4) is 0 Å². The highest BCUT2D eigenvalue weighted by molar-refractivity contribution is 6.33. The Hall–Kier alpha value is -2.93. The Morgan fingerprint density at radius 2 is 2.04 bits per heavy atom. The first-order valence-electron chi connectivity index (χ1n) is 7.76. The lowest BCUT2D eigenvalue weighted by molar-refractivity contribution is 0.0690. The predicted octanol–water partition coefficient (Wildman–Crippen LogP) is 4.63. The van der Waals surface area contributed by atoms with Gasteiger partial charge in [0.05, 0.1) is 16.4 Å². The number of carbonyl (C=O) groups is 1. The van der Waals surface area contributed by atoms with Crippen LogP contribution in [0.25, 0.3) is 11.3 Å². The van der Waals surface area contributed by atoms with Crippen LogP contribution in [0.2, 0.25) is 5.02 Å². The van der Waals surface area contributed by atoms with E-state index in [0.717, 1.165) is 11.1 Å². The number of aromatic nitrogens is 3.